The van der Waals surface area contributed by atoms with Gasteiger partial charge in [-0.1, -0.05) is 42.5 Å². The summed E-state index contributed by atoms with van der Waals surface area (Å²) in [6.07, 6.45) is 1.59. The monoisotopic (exact) mass is 272 g/mol. The van der Waals surface area contributed by atoms with Crippen molar-refractivity contribution in [1.82, 2.24) is 4.98 Å². The van der Waals surface area contributed by atoms with Crippen LogP contribution in [-0.2, 0) is 0 Å². The first kappa shape index (κ1) is 13.5. The van der Waals surface area contributed by atoms with E-state index in [9.17, 15) is 0 Å². The van der Waals surface area contributed by atoms with Gasteiger partial charge >= 0.3 is 0 Å². The Bertz CT molecular complexity index is 584. The third kappa shape index (κ3) is 3.09. The first-order valence-electron chi connectivity index (χ1n) is 6.06. The van der Waals surface area contributed by atoms with E-state index < -0.39 is 0 Å². The Labute approximate surface area is 118 Å². The van der Waals surface area contributed by atoms with Crippen molar-refractivity contribution >= 4 is 17.2 Å². The van der Waals surface area contributed by atoms with E-state index >= 15 is 0 Å². The lowest BCUT2D eigenvalue weighted by Gasteiger charge is -2.17. The van der Waals surface area contributed by atoms with Gasteiger partial charge in [-0.05, 0) is 31.0 Å². The molecule has 0 aliphatic heterocycles. The highest BCUT2D eigenvalue weighted by Gasteiger charge is 2.14. The van der Waals surface area contributed by atoms with E-state index in [1.807, 2.05) is 50.2 Å². The molecule has 0 bridgehead atoms. The molecule has 4 heteroatoms. The van der Waals surface area contributed by atoms with Gasteiger partial charge in [-0.25, -0.2) is 4.98 Å². The zero-order valence-corrected chi connectivity index (χ0v) is 11.8. The van der Waals surface area contributed by atoms with E-state index in [4.69, 9.17) is 22.7 Å². The van der Waals surface area contributed by atoms with E-state index in [0.717, 1.165) is 11.1 Å². The zero-order valence-electron chi connectivity index (χ0n) is 11.0. The second-order valence-electron chi connectivity index (χ2n) is 4.34. The number of nitrogens with zero attached hydrogens (tertiary/aromatic N) is 1. The highest BCUT2D eigenvalue weighted by Crippen LogP contribution is 2.25. The molecule has 0 saturated heterocycles. The van der Waals surface area contributed by atoms with Crippen molar-refractivity contribution in [1.29, 1.82) is 0 Å². The van der Waals surface area contributed by atoms with Crippen molar-refractivity contribution in [2.24, 2.45) is 5.73 Å². The Kier molecular flexibility index (Phi) is 4.12. The largest absolute Gasteiger partial charge is 0.469 e. The summed E-state index contributed by atoms with van der Waals surface area (Å²) in [6.45, 7) is 3.92. The van der Waals surface area contributed by atoms with Crippen LogP contribution in [0.4, 0.5) is 0 Å². The maximum atomic E-state index is 5.90. The van der Waals surface area contributed by atoms with Crippen LogP contribution in [0.15, 0.2) is 42.6 Å². The topological polar surface area (TPSA) is 48.1 Å². The molecule has 1 heterocycles. The van der Waals surface area contributed by atoms with Gasteiger partial charge in [0.15, 0.2) is 0 Å². The number of aryl methyl sites for hydroxylation is 1. The van der Waals surface area contributed by atoms with Gasteiger partial charge in [-0.15, -0.1) is 0 Å². The van der Waals surface area contributed by atoms with Crippen LogP contribution in [0.25, 0.3) is 0 Å². The van der Waals surface area contributed by atoms with Crippen molar-refractivity contribution in [3.63, 3.8) is 0 Å². The first-order chi connectivity index (χ1) is 9.09. The van der Waals surface area contributed by atoms with Crippen LogP contribution in [0.5, 0.6) is 5.88 Å². The standard InChI is InChI=1S/C15H16N2OS/c1-10-8-9-17-15(13(10)14(16)19)18-11(2)12-6-4-3-5-7-12/h3-9,11H,1-2H3,(H2,16,19). The van der Waals surface area contributed by atoms with Crippen LogP contribution in [0, 0.1) is 6.92 Å². The summed E-state index contributed by atoms with van der Waals surface area (Å²) in [5, 5.41) is 0. The number of thiocarbonyl (C=S) groups is 1. The van der Waals surface area contributed by atoms with E-state index in [0.29, 0.717) is 16.4 Å². The van der Waals surface area contributed by atoms with Gasteiger partial charge in [-0.2, -0.15) is 0 Å². The Morgan fingerprint density at radius 1 is 1.26 bits per heavy atom. The van der Waals surface area contributed by atoms with Gasteiger partial charge < -0.3 is 10.5 Å². The molecule has 98 valence electrons. The molecule has 0 saturated carbocycles. The lowest BCUT2D eigenvalue weighted by Crippen LogP contribution is -2.15. The molecule has 19 heavy (non-hydrogen) atoms. The summed E-state index contributed by atoms with van der Waals surface area (Å²) in [5.41, 5.74) is 8.50. The molecule has 1 atom stereocenters. The van der Waals surface area contributed by atoms with Crippen LogP contribution in [0.2, 0.25) is 0 Å². The third-order valence-corrected chi connectivity index (χ3v) is 3.13. The smallest absolute Gasteiger partial charge is 0.224 e. The second-order valence-corrected chi connectivity index (χ2v) is 4.78. The van der Waals surface area contributed by atoms with Crippen LogP contribution >= 0.6 is 12.2 Å². The lowest BCUT2D eigenvalue weighted by molar-refractivity contribution is 0.217. The minimum atomic E-state index is -0.108. The summed E-state index contributed by atoms with van der Waals surface area (Å²) in [4.78, 5) is 4.54. The molecule has 0 fully saturated rings. The molecule has 0 radical (unpaired) electrons. The molecule has 2 rings (SSSR count). The lowest BCUT2D eigenvalue weighted by atomic mass is 10.1. The average Bonchev–Trinajstić information content (AvgIpc) is 2.39. The van der Waals surface area contributed by atoms with Gasteiger partial charge in [0.2, 0.25) is 5.88 Å². The van der Waals surface area contributed by atoms with Crippen molar-refractivity contribution < 1.29 is 4.74 Å². The number of hydrogen-bond acceptors (Lipinski definition) is 3. The van der Waals surface area contributed by atoms with Gasteiger partial charge in [0.05, 0.1) is 5.56 Å². The average molecular weight is 272 g/mol. The predicted octanol–water partition coefficient (Wildman–Crippen LogP) is 3.16. The normalized spacial score (nSPS) is 11.9. The SMILES string of the molecule is Cc1ccnc(OC(C)c2ccccc2)c1C(N)=S. The Morgan fingerprint density at radius 3 is 2.58 bits per heavy atom. The van der Waals surface area contributed by atoms with Gasteiger partial charge in [0, 0.05) is 6.20 Å². The fourth-order valence-corrected chi connectivity index (χ4v) is 2.13. The van der Waals surface area contributed by atoms with Crippen LogP contribution in [0.1, 0.15) is 29.7 Å². The highest BCUT2D eigenvalue weighted by molar-refractivity contribution is 7.80. The van der Waals surface area contributed by atoms with E-state index in [2.05, 4.69) is 4.98 Å². The van der Waals surface area contributed by atoms with Gasteiger partial charge in [0.1, 0.15) is 11.1 Å². The maximum Gasteiger partial charge on any atom is 0.224 e. The Hall–Kier alpha value is -1.94. The summed E-state index contributed by atoms with van der Waals surface area (Å²) in [5.74, 6) is 0.490. The minimum absolute atomic E-state index is 0.108. The van der Waals surface area contributed by atoms with Crippen LogP contribution in [-0.4, -0.2) is 9.97 Å². The minimum Gasteiger partial charge on any atom is -0.469 e. The third-order valence-electron chi connectivity index (χ3n) is 2.93. The fourth-order valence-electron chi connectivity index (χ4n) is 1.88. The van der Waals surface area contributed by atoms with Crippen LogP contribution in [0.3, 0.4) is 0 Å². The van der Waals surface area contributed by atoms with Crippen molar-refractivity contribution in [2.45, 2.75) is 20.0 Å². The second kappa shape index (κ2) is 5.80. The Morgan fingerprint density at radius 2 is 1.95 bits per heavy atom. The molecular weight excluding hydrogens is 256 g/mol. The molecule has 0 amide bonds. The summed E-state index contributed by atoms with van der Waals surface area (Å²) in [6, 6.07) is 11.8. The molecule has 0 aliphatic carbocycles. The molecule has 1 aromatic heterocycles. The number of pyridine rings is 1. The summed E-state index contributed by atoms with van der Waals surface area (Å²) < 4.78 is 5.90. The van der Waals surface area contributed by atoms with Gasteiger partial charge in [0.25, 0.3) is 0 Å². The number of benzene rings is 1. The summed E-state index contributed by atoms with van der Waals surface area (Å²) in [7, 11) is 0. The zero-order chi connectivity index (χ0) is 13.8. The number of rotatable bonds is 4. The highest BCUT2D eigenvalue weighted by atomic mass is 32.1. The van der Waals surface area contributed by atoms with Crippen molar-refractivity contribution in [3.05, 3.63) is 59.3 Å². The van der Waals surface area contributed by atoms with Crippen molar-refractivity contribution in [2.75, 3.05) is 0 Å². The maximum absolute atomic E-state index is 5.90. The predicted molar refractivity (Wildman–Crippen MR) is 80.3 cm³/mol. The molecule has 0 aliphatic rings. The summed E-state index contributed by atoms with van der Waals surface area (Å²) >= 11 is 5.06. The molecule has 0 spiro atoms. The van der Waals surface area contributed by atoms with Crippen LogP contribution < -0.4 is 10.5 Å². The van der Waals surface area contributed by atoms with Crippen molar-refractivity contribution in [3.8, 4) is 5.88 Å². The molecule has 1 unspecified atom stereocenters. The molecule has 2 N–H and O–H groups in total. The Balaban J connectivity index is 2.29. The molecule has 3 nitrogen and oxygen atoms in total. The quantitative estimate of drug-likeness (QED) is 0.869. The van der Waals surface area contributed by atoms with E-state index in [1.54, 1.807) is 6.20 Å². The van der Waals surface area contributed by atoms with E-state index in [1.165, 1.54) is 0 Å². The fraction of sp³-hybridized carbons (Fsp3) is 0.200. The molecule has 1 aromatic carbocycles. The molecule has 2 aromatic rings. The number of nitrogens with two attached hydrogens (primary N) is 1. The van der Waals surface area contributed by atoms with E-state index in [-0.39, 0.29) is 6.10 Å². The number of aromatic nitrogens is 1. The first-order valence-corrected chi connectivity index (χ1v) is 6.47. The number of ether oxygens (including phenoxy) is 1. The van der Waals surface area contributed by atoms with Gasteiger partial charge in [-0.3, -0.25) is 0 Å². The molecular formula is C15H16N2OS. The number of hydrogen-bond donors (Lipinski definition) is 1.